The smallest absolute Gasteiger partial charge is 0.244 e. The molecule has 0 atom stereocenters. The number of ether oxygens (including phenoxy) is 2. The number of hydrogen-bond donors (Lipinski definition) is 1. The highest BCUT2D eigenvalue weighted by atomic mass is 16.5. The summed E-state index contributed by atoms with van der Waals surface area (Å²) >= 11 is 0. The minimum Gasteiger partial charge on any atom is -0.493 e. The molecule has 0 aliphatic carbocycles. The highest BCUT2D eigenvalue weighted by Gasteiger charge is 2.19. The van der Waals surface area contributed by atoms with Gasteiger partial charge in [0.2, 0.25) is 11.3 Å². The van der Waals surface area contributed by atoms with Crippen LogP contribution in [0.3, 0.4) is 0 Å². The van der Waals surface area contributed by atoms with Gasteiger partial charge in [-0.15, -0.1) is 0 Å². The third-order valence-electron chi connectivity index (χ3n) is 6.40. The van der Waals surface area contributed by atoms with Crippen molar-refractivity contribution >= 4 is 28.3 Å². The van der Waals surface area contributed by atoms with Crippen molar-refractivity contribution in [1.82, 2.24) is 4.57 Å². The van der Waals surface area contributed by atoms with E-state index in [-0.39, 0.29) is 29.2 Å². The third kappa shape index (κ3) is 5.40. The molecule has 4 aromatic rings. The largest absolute Gasteiger partial charge is 0.493 e. The van der Waals surface area contributed by atoms with Crippen LogP contribution in [0.1, 0.15) is 40.9 Å². The minimum absolute atomic E-state index is 0.0314. The molecule has 0 bridgehead atoms. The first kappa shape index (κ1) is 25.7. The van der Waals surface area contributed by atoms with Crippen LogP contribution in [0.15, 0.2) is 71.7 Å². The number of nitrogens with one attached hydrogen (secondary N) is 1. The lowest BCUT2D eigenvalue weighted by atomic mass is 9.99. The van der Waals surface area contributed by atoms with Crippen LogP contribution >= 0.6 is 0 Å². The number of rotatable bonds is 9. The summed E-state index contributed by atoms with van der Waals surface area (Å²) in [7, 11) is 3.06. The van der Waals surface area contributed by atoms with E-state index in [0.717, 1.165) is 24.0 Å². The molecular weight excluding hydrogens is 468 g/mol. The van der Waals surface area contributed by atoms with Gasteiger partial charge in [-0.3, -0.25) is 14.4 Å². The van der Waals surface area contributed by atoms with Crippen molar-refractivity contribution in [2.24, 2.45) is 0 Å². The average Bonchev–Trinajstić information content (AvgIpc) is 2.93. The topological polar surface area (TPSA) is 86.6 Å². The Hall–Kier alpha value is -4.39. The monoisotopic (exact) mass is 498 g/mol. The number of amides is 1. The van der Waals surface area contributed by atoms with Gasteiger partial charge in [-0.05, 0) is 48.2 Å². The molecule has 1 heterocycles. The van der Waals surface area contributed by atoms with E-state index >= 15 is 0 Å². The Labute approximate surface area is 215 Å². The molecule has 7 nitrogen and oxygen atoms in total. The van der Waals surface area contributed by atoms with Crippen molar-refractivity contribution in [2.75, 3.05) is 19.5 Å². The van der Waals surface area contributed by atoms with Gasteiger partial charge in [-0.25, -0.2) is 0 Å². The van der Waals surface area contributed by atoms with Crippen LogP contribution in [-0.2, 0) is 24.2 Å². The number of anilines is 1. The summed E-state index contributed by atoms with van der Waals surface area (Å²) in [5, 5.41) is 3.26. The average molecular weight is 499 g/mol. The number of nitrogens with zero attached hydrogens (tertiary/aromatic N) is 1. The normalized spacial score (nSPS) is 10.8. The Kier molecular flexibility index (Phi) is 7.72. The summed E-state index contributed by atoms with van der Waals surface area (Å²) in [4.78, 5) is 39.9. The molecule has 7 heteroatoms. The number of carbonyl (C=O) groups is 2. The van der Waals surface area contributed by atoms with Gasteiger partial charge in [0, 0.05) is 28.9 Å². The predicted molar refractivity (Wildman–Crippen MR) is 145 cm³/mol. The fourth-order valence-electron chi connectivity index (χ4n) is 4.27. The summed E-state index contributed by atoms with van der Waals surface area (Å²) in [5.41, 5.74) is 3.32. The Morgan fingerprint density at radius 3 is 2.16 bits per heavy atom. The molecule has 0 aliphatic heterocycles. The highest BCUT2D eigenvalue weighted by molar-refractivity contribution is 6.10. The SMILES string of the molecule is CCc1ccc(C(=O)c2cn(CC(=O)Nc3ccc(OC)c(OC)c3)c3ccc(CC)cc3c2=O)cc1. The molecule has 37 heavy (non-hydrogen) atoms. The number of aryl methyl sites for hydroxylation is 2. The number of carbonyl (C=O) groups excluding carboxylic acids is 2. The molecule has 0 saturated heterocycles. The molecule has 190 valence electrons. The van der Waals surface area contributed by atoms with E-state index in [0.29, 0.717) is 33.7 Å². The quantitative estimate of drug-likeness (QED) is 0.328. The van der Waals surface area contributed by atoms with Gasteiger partial charge in [0.1, 0.15) is 6.54 Å². The van der Waals surface area contributed by atoms with Crippen LogP contribution in [0, 0.1) is 0 Å². The summed E-state index contributed by atoms with van der Waals surface area (Å²) in [6.45, 7) is 3.95. The second kappa shape index (κ2) is 11.1. The number of benzene rings is 3. The molecule has 0 spiro atoms. The summed E-state index contributed by atoms with van der Waals surface area (Å²) < 4.78 is 12.2. The Balaban J connectivity index is 1.73. The van der Waals surface area contributed by atoms with Gasteiger partial charge >= 0.3 is 0 Å². The number of aromatic nitrogens is 1. The van der Waals surface area contributed by atoms with Crippen LogP contribution in [0.2, 0.25) is 0 Å². The van der Waals surface area contributed by atoms with Crippen LogP contribution < -0.4 is 20.2 Å². The van der Waals surface area contributed by atoms with Crippen LogP contribution in [0.25, 0.3) is 10.9 Å². The molecule has 1 aromatic heterocycles. The molecule has 3 aromatic carbocycles. The predicted octanol–water partition coefficient (Wildman–Crippen LogP) is 5.01. The highest BCUT2D eigenvalue weighted by Crippen LogP contribution is 2.29. The summed E-state index contributed by atoms with van der Waals surface area (Å²) in [5.74, 6) is 0.352. The maximum atomic E-state index is 13.4. The molecule has 1 N–H and O–H groups in total. The van der Waals surface area contributed by atoms with Gasteiger partial charge in [0.25, 0.3) is 0 Å². The second-order valence-corrected chi connectivity index (χ2v) is 8.70. The summed E-state index contributed by atoms with van der Waals surface area (Å²) in [6, 6.07) is 17.9. The van der Waals surface area contributed by atoms with Crippen molar-refractivity contribution in [2.45, 2.75) is 33.2 Å². The maximum Gasteiger partial charge on any atom is 0.244 e. The molecule has 4 rings (SSSR count). The van der Waals surface area contributed by atoms with Crippen molar-refractivity contribution in [3.8, 4) is 11.5 Å². The molecular formula is C30H30N2O5. The van der Waals surface area contributed by atoms with Crippen molar-refractivity contribution in [1.29, 1.82) is 0 Å². The standard InChI is InChI=1S/C30H30N2O5/c1-5-19-7-10-21(11-8-19)29(34)24-17-32(25-13-9-20(6-2)15-23(25)30(24)35)18-28(33)31-22-12-14-26(36-3)27(16-22)37-4/h7-17H,5-6,18H2,1-4H3,(H,31,33). The Bertz CT molecular complexity index is 1520. The maximum absolute atomic E-state index is 13.4. The molecule has 0 radical (unpaired) electrons. The molecule has 0 aliphatic rings. The lowest BCUT2D eigenvalue weighted by Gasteiger charge is -2.15. The van der Waals surface area contributed by atoms with Crippen LogP contribution in [0.4, 0.5) is 5.69 Å². The zero-order valence-corrected chi connectivity index (χ0v) is 21.5. The second-order valence-electron chi connectivity index (χ2n) is 8.70. The fraction of sp³-hybridized carbons (Fsp3) is 0.233. The van der Waals surface area contributed by atoms with E-state index in [1.165, 1.54) is 13.3 Å². The van der Waals surface area contributed by atoms with Gasteiger partial charge in [0.15, 0.2) is 17.3 Å². The molecule has 0 unspecified atom stereocenters. The van der Waals surface area contributed by atoms with Crippen molar-refractivity contribution in [3.05, 3.63) is 99.3 Å². The van der Waals surface area contributed by atoms with E-state index in [2.05, 4.69) is 5.32 Å². The van der Waals surface area contributed by atoms with Crippen LogP contribution in [0.5, 0.6) is 11.5 Å². The first-order valence-corrected chi connectivity index (χ1v) is 12.2. The van der Waals surface area contributed by atoms with Crippen LogP contribution in [-0.4, -0.2) is 30.5 Å². The van der Waals surface area contributed by atoms with Gasteiger partial charge in [0.05, 0.1) is 25.3 Å². The number of pyridine rings is 1. The summed E-state index contributed by atoms with van der Waals surface area (Å²) in [6.07, 6.45) is 3.08. The lowest BCUT2D eigenvalue weighted by molar-refractivity contribution is -0.116. The van der Waals surface area contributed by atoms with Gasteiger partial charge in [-0.2, -0.15) is 0 Å². The first-order valence-electron chi connectivity index (χ1n) is 12.2. The fourth-order valence-corrected chi connectivity index (χ4v) is 4.27. The molecule has 1 amide bonds. The zero-order valence-electron chi connectivity index (χ0n) is 21.5. The first-order chi connectivity index (χ1) is 17.9. The molecule has 0 saturated carbocycles. The van der Waals surface area contributed by atoms with E-state index in [1.807, 2.05) is 38.1 Å². The van der Waals surface area contributed by atoms with Gasteiger partial charge < -0.3 is 19.4 Å². The Morgan fingerprint density at radius 2 is 1.51 bits per heavy atom. The number of hydrogen-bond acceptors (Lipinski definition) is 5. The number of ketones is 1. The zero-order chi connectivity index (χ0) is 26.5. The molecule has 0 fully saturated rings. The number of fused-ring (bicyclic) bond motifs is 1. The van der Waals surface area contributed by atoms with E-state index < -0.39 is 0 Å². The van der Waals surface area contributed by atoms with E-state index in [1.54, 1.807) is 48.1 Å². The Morgan fingerprint density at radius 1 is 0.838 bits per heavy atom. The van der Waals surface area contributed by atoms with Gasteiger partial charge in [-0.1, -0.05) is 44.2 Å². The minimum atomic E-state index is -0.370. The van der Waals surface area contributed by atoms with Crippen molar-refractivity contribution in [3.63, 3.8) is 0 Å². The van der Waals surface area contributed by atoms with E-state index in [9.17, 15) is 14.4 Å². The number of methoxy groups -OCH3 is 2. The van der Waals surface area contributed by atoms with E-state index in [4.69, 9.17) is 9.47 Å². The van der Waals surface area contributed by atoms with Crippen molar-refractivity contribution < 1.29 is 19.1 Å². The third-order valence-corrected chi connectivity index (χ3v) is 6.40. The lowest BCUT2D eigenvalue weighted by Crippen LogP contribution is -2.24.